The zero-order chi connectivity index (χ0) is 11.3. The first-order valence-electron chi connectivity index (χ1n) is 5.28. The van der Waals surface area contributed by atoms with Gasteiger partial charge in [0, 0.05) is 12.3 Å². The molecule has 0 aliphatic heterocycles. The molecule has 0 unspecified atom stereocenters. The summed E-state index contributed by atoms with van der Waals surface area (Å²) in [6.45, 7) is 11.0. The minimum absolute atomic E-state index is 0.745. The van der Waals surface area contributed by atoms with Crippen molar-refractivity contribution in [2.75, 3.05) is 5.75 Å². The van der Waals surface area contributed by atoms with Crippen LogP contribution < -0.4 is 0 Å². The van der Waals surface area contributed by atoms with E-state index in [1.54, 1.807) is 11.8 Å². The maximum atomic E-state index is 4.16. The van der Waals surface area contributed by atoms with Crippen LogP contribution >= 0.6 is 11.8 Å². The van der Waals surface area contributed by atoms with Gasteiger partial charge >= 0.3 is 0 Å². The van der Waals surface area contributed by atoms with Crippen molar-refractivity contribution in [3.05, 3.63) is 18.5 Å². The molecule has 0 amide bonds. The van der Waals surface area contributed by atoms with Gasteiger partial charge in [-0.25, -0.2) is 0 Å². The summed E-state index contributed by atoms with van der Waals surface area (Å²) in [4.78, 5) is 0. The van der Waals surface area contributed by atoms with Crippen molar-refractivity contribution in [1.29, 1.82) is 0 Å². The maximum absolute atomic E-state index is 4.16. The molecule has 0 spiro atoms. The Bertz CT molecular complexity index is 318. The summed E-state index contributed by atoms with van der Waals surface area (Å²) in [5.74, 6) is 2.81. The van der Waals surface area contributed by atoms with E-state index < -0.39 is 0 Å². The highest BCUT2D eigenvalue weighted by molar-refractivity contribution is 7.99. The van der Waals surface area contributed by atoms with Gasteiger partial charge in [-0.2, -0.15) is 0 Å². The molecule has 0 fully saturated rings. The van der Waals surface area contributed by atoms with Crippen LogP contribution in [0.1, 0.15) is 26.1 Å². The molecule has 0 N–H and O–H groups in total. The van der Waals surface area contributed by atoms with E-state index in [4.69, 9.17) is 0 Å². The molecule has 0 radical (unpaired) electrons. The number of hydrogen-bond acceptors (Lipinski definition) is 3. The molecule has 1 aromatic rings. The summed E-state index contributed by atoms with van der Waals surface area (Å²) in [6.07, 6.45) is 3.09. The topological polar surface area (TPSA) is 30.7 Å². The van der Waals surface area contributed by atoms with Crippen LogP contribution in [0.5, 0.6) is 0 Å². The van der Waals surface area contributed by atoms with Gasteiger partial charge in [-0.15, -0.1) is 16.8 Å². The lowest BCUT2D eigenvalue weighted by atomic mass is 10.2. The van der Waals surface area contributed by atoms with Gasteiger partial charge in [0.05, 0.1) is 0 Å². The highest BCUT2D eigenvalue weighted by Gasteiger charge is 2.07. The highest BCUT2D eigenvalue weighted by Crippen LogP contribution is 2.19. The largest absolute Gasteiger partial charge is 0.302 e. The van der Waals surface area contributed by atoms with Crippen LogP contribution in [0, 0.1) is 12.8 Å². The van der Waals surface area contributed by atoms with Crippen molar-refractivity contribution in [3.63, 3.8) is 0 Å². The Labute approximate surface area is 96.0 Å². The Morgan fingerprint density at radius 3 is 2.80 bits per heavy atom. The second-order valence-corrected chi connectivity index (χ2v) is 5.02. The van der Waals surface area contributed by atoms with Crippen LogP contribution in [-0.4, -0.2) is 20.5 Å². The molecule has 3 nitrogen and oxygen atoms in total. The van der Waals surface area contributed by atoms with Crippen LogP contribution in [0.15, 0.2) is 17.8 Å². The molecule has 0 aliphatic carbocycles. The van der Waals surface area contributed by atoms with Gasteiger partial charge < -0.3 is 4.57 Å². The molecular formula is C11H19N3S. The van der Waals surface area contributed by atoms with E-state index in [-0.39, 0.29) is 0 Å². The van der Waals surface area contributed by atoms with Gasteiger partial charge in [-0.05, 0) is 19.3 Å². The van der Waals surface area contributed by atoms with Crippen molar-refractivity contribution >= 4 is 11.8 Å². The molecule has 0 aliphatic rings. The van der Waals surface area contributed by atoms with Crippen LogP contribution in [0.25, 0.3) is 0 Å². The third-order valence-electron chi connectivity index (χ3n) is 2.14. The average molecular weight is 225 g/mol. The van der Waals surface area contributed by atoms with Crippen molar-refractivity contribution in [2.45, 2.75) is 38.9 Å². The lowest BCUT2D eigenvalue weighted by Gasteiger charge is -2.06. The fourth-order valence-electron chi connectivity index (χ4n) is 1.19. The lowest BCUT2D eigenvalue weighted by molar-refractivity contribution is 0.630. The number of nitrogens with zero attached hydrogens (tertiary/aromatic N) is 3. The third-order valence-corrected chi connectivity index (χ3v) is 3.14. The fourth-order valence-corrected chi connectivity index (χ4v) is 2.43. The first-order chi connectivity index (χ1) is 7.15. The normalized spacial score (nSPS) is 10.9. The van der Waals surface area contributed by atoms with Crippen LogP contribution in [-0.2, 0) is 6.54 Å². The van der Waals surface area contributed by atoms with Gasteiger partial charge in [0.25, 0.3) is 0 Å². The molecule has 1 rings (SSSR count). The van der Waals surface area contributed by atoms with E-state index in [1.807, 2.05) is 13.0 Å². The molecule has 0 saturated heterocycles. The molecule has 15 heavy (non-hydrogen) atoms. The summed E-state index contributed by atoms with van der Waals surface area (Å²) in [5.41, 5.74) is 0. The molecule has 4 heteroatoms. The van der Waals surface area contributed by atoms with E-state index in [9.17, 15) is 0 Å². The molecule has 0 aromatic carbocycles. The zero-order valence-corrected chi connectivity index (χ0v) is 10.5. The summed E-state index contributed by atoms with van der Waals surface area (Å²) in [7, 11) is 0. The first-order valence-corrected chi connectivity index (χ1v) is 6.27. The van der Waals surface area contributed by atoms with Crippen LogP contribution in [0.3, 0.4) is 0 Å². The van der Waals surface area contributed by atoms with Gasteiger partial charge in [-0.1, -0.05) is 31.7 Å². The quantitative estimate of drug-likeness (QED) is 0.551. The smallest absolute Gasteiger partial charge is 0.191 e. The number of rotatable bonds is 6. The van der Waals surface area contributed by atoms with E-state index in [0.717, 1.165) is 29.2 Å². The molecule has 0 atom stereocenters. The Morgan fingerprint density at radius 1 is 1.47 bits per heavy atom. The molecule has 1 heterocycles. The SMILES string of the molecule is C=CCn1c(C)nnc1SCCC(C)C. The van der Waals surface area contributed by atoms with E-state index >= 15 is 0 Å². The van der Waals surface area contributed by atoms with Crippen molar-refractivity contribution in [1.82, 2.24) is 14.8 Å². The monoisotopic (exact) mass is 225 g/mol. The van der Waals surface area contributed by atoms with E-state index in [2.05, 4.69) is 35.2 Å². The average Bonchev–Trinajstić information content (AvgIpc) is 2.50. The Hall–Kier alpha value is -0.770. The molecule has 1 aromatic heterocycles. The van der Waals surface area contributed by atoms with Crippen molar-refractivity contribution < 1.29 is 0 Å². The molecule has 0 bridgehead atoms. The predicted molar refractivity (Wildman–Crippen MR) is 65.1 cm³/mol. The third kappa shape index (κ3) is 3.70. The Morgan fingerprint density at radius 2 is 2.20 bits per heavy atom. The van der Waals surface area contributed by atoms with Crippen LogP contribution in [0.2, 0.25) is 0 Å². The van der Waals surface area contributed by atoms with Gasteiger partial charge in [0.2, 0.25) is 0 Å². The second-order valence-electron chi connectivity index (χ2n) is 3.96. The number of aryl methyl sites for hydroxylation is 1. The standard InChI is InChI=1S/C11H19N3S/c1-5-7-14-10(4)12-13-11(14)15-8-6-9(2)3/h5,9H,1,6-8H2,2-4H3. The number of hydrogen-bond donors (Lipinski definition) is 0. The van der Waals surface area contributed by atoms with E-state index in [1.165, 1.54) is 6.42 Å². The first kappa shape index (κ1) is 12.3. The summed E-state index contributed by atoms with van der Waals surface area (Å²) >= 11 is 1.78. The predicted octanol–water partition coefficient (Wildman–Crippen LogP) is 2.91. The lowest BCUT2D eigenvalue weighted by Crippen LogP contribution is -2.00. The summed E-state index contributed by atoms with van der Waals surface area (Å²) in [5, 5.41) is 9.24. The second kappa shape index (κ2) is 5.95. The molecule has 0 saturated carbocycles. The minimum atomic E-state index is 0.745. The van der Waals surface area contributed by atoms with Crippen LogP contribution in [0.4, 0.5) is 0 Å². The molecule has 84 valence electrons. The fraction of sp³-hybridized carbons (Fsp3) is 0.636. The Balaban J connectivity index is 2.56. The zero-order valence-electron chi connectivity index (χ0n) is 9.73. The minimum Gasteiger partial charge on any atom is -0.302 e. The summed E-state index contributed by atoms with van der Waals surface area (Å²) in [6, 6.07) is 0. The highest BCUT2D eigenvalue weighted by atomic mass is 32.2. The van der Waals surface area contributed by atoms with Gasteiger partial charge in [-0.3, -0.25) is 0 Å². The number of aromatic nitrogens is 3. The Kier molecular flexibility index (Phi) is 4.88. The van der Waals surface area contributed by atoms with E-state index in [0.29, 0.717) is 0 Å². The summed E-state index contributed by atoms with van der Waals surface area (Å²) < 4.78 is 2.10. The maximum Gasteiger partial charge on any atom is 0.191 e. The van der Waals surface area contributed by atoms with Gasteiger partial charge in [0.1, 0.15) is 5.82 Å². The molecular weight excluding hydrogens is 206 g/mol. The van der Waals surface area contributed by atoms with Gasteiger partial charge in [0.15, 0.2) is 5.16 Å². The number of thioether (sulfide) groups is 1. The number of allylic oxidation sites excluding steroid dienone is 1. The van der Waals surface area contributed by atoms with Crippen molar-refractivity contribution in [3.8, 4) is 0 Å². The van der Waals surface area contributed by atoms with Crippen molar-refractivity contribution in [2.24, 2.45) is 5.92 Å².